The van der Waals surface area contributed by atoms with Crippen molar-refractivity contribution in [3.8, 4) is 0 Å². The van der Waals surface area contributed by atoms with Crippen molar-refractivity contribution in [3.05, 3.63) is 30.0 Å². The van der Waals surface area contributed by atoms with Gasteiger partial charge in [-0.05, 0) is 31.9 Å². The molecule has 0 spiro atoms. The van der Waals surface area contributed by atoms with Crippen molar-refractivity contribution >= 4 is 26.8 Å². The summed E-state index contributed by atoms with van der Waals surface area (Å²) in [7, 11) is 0. The summed E-state index contributed by atoms with van der Waals surface area (Å²) < 4.78 is 2.12. The lowest BCUT2D eigenvalue weighted by Crippen LogP contribution is -2.39. The van der Waals surface area contributed by atoms with Gasteiger partial charge in [0, 0.05) is 29.8 Å². The molecule has 4 heteroatoms. The molecule has 0 saturated carbocycles. The number of aromatic nitrogens is 2. The summed E-state index contributed by atoms with van der Waals surface area (Å²) in [6.45, 7) is 8.70. The Kier molecular flexibility index (Phi) is 4.13. The van der Waals surface area contributed by atoms with Crippen LogP contribution >= 0.6 is 15.9 Å². The Morgan fingerprint density at radius 1 is 1.35 bits per heavy atom. The number of halogens is 1. The monoisotopic (exact) mass is 335 g/mol. The van der Waals surface area contributed by atoms with E-state index in [0.717, 1.165) is 26.2 Å². The predicted octanol–water partition coefficient (Wildman–Crippen LogP) is 3.66. The van der Waals surface area contributed by atoms with E-state index in [0.29, 0.717) is 10.7 Å². The van der Waals surface area contributed by atoms with Crippen molar-refractivity contribution in [1.29, 1.82) is 0 Å². The number of nitrogens with zero attached hydrogens (tertiary/aromatic N) is 3. The highest BCUT2D eigenvalue weighted by Crippen LogP contribution is 2.26. The lowest BCUT2D eigenvalue weighted by atomic mass is 10.00. The molecule has 3 rings (SSSR count). The third-order valence-electron chi connectivity index (χ3n) is 4.29. The number of rotatable bonds is 3. The van der Waals surface area contributed by atoms with Crippen molar-refractivity contribution in [2.45, 2.75) is 38.2 Å². The van der Waals surface area contributed by atoms with Crippen LogP contribution in [0.4, 0.5) is 0 Å². The Labute approximate surface area is 129 Å². The molecule has 2 atom stereocenters. The first-order valence-electron chi connectivity index (χ1n) is 7.50. The second-order valence-electron chi connectivity index (χ2n) is 5.80. The highest BCUT2D eigenvalue weighted by Gasteiger charge is 2.24. The summed E-state index contributed by atoms with van der Waals surface area (Å²) in [6, 6.07) is 8.58. The zero-order chi connectivity index (χ0) is 14.1. The van der Waals surface area contributed by atoms with Crippen LogP contribution in [-0.4, -0.2) is 32.6 Å². The van der Waals surface area contributed by atoms with Crippen molar-refractivity contribution in [2.24, 2.45) is 5.92 Å². The molecule has 0 aliphatic carbocycles. The first kappa shape index (κ1) is 14.1. The molecule has 1 aromatic heterocycles. The van der Waals surface area contributed by atoms with Gasteiger partial charge in [-0.25, -0.2) is 0 Å². The first-order chi connectivity index (χ1) is 9.69. The molecule has 1 aliphatic rings. The van der Waals surface area contributed by atoms with Gasteiger partial charge in [0.15, 0.2) is 0 Å². The van der Waals surface area contributed by atoms with E-state index >= 15 is 0 Å². The summed E-state index contributed by atoms with van der Waals surface area (Å²) in [6.07, 6.45) is 1.23. The van der Waals surface area contributed by atoms with Crippen LogP contribution < -0.4 is 0 Å². The molecule has 0 amide bonds. The van der Waals surface area contributed by atoms with Crippen LogP contribution in [0.2, 0.25) is 0 Å². The zero-order valence-corrected chi connectivity index (χ0v) is 13.8. The summed E-state index contributed by atoms with van der Waals surface area (Å²) in [5.41, 5.74) is 2.48. The quantitative estimate of drug-likeness (QED) is 0.798. The summed E-state index contributed by atoms with van der Waals surface area (Å²) in [5, 5.41) is 6.12. The predicted molar refractivity (Wildman–Crippen MR) is 87.2 cm³/mol. The lowest BCUT2D eigenvalue weighted by molar-refractivity contribution is 0.182. The Morgan fingerprint density at radius 3 is 2.90 bits per heavy atom. The van der Waals surface area contributed by atoms with Gasteiger partial charge in [0.2, 0.25) is 0 Å². The third kappa shape index (κ3) is 2.63. The van der Waals surface area contributed by atoms with Gasteiger partial charge in [-0.2, -0.15) is 5.10 Å². The minimum absolute atomic E-state index is 0.670. The smallest absolute Gasteiger partial charge is 0.0843 e. The molecule has 1 aromatic carbocycles. The van der Waals surface area contributed by atoms with Crippen molar-refractivity contribution < 1.29 is 0 Å². The van der Waals surface area contributed by atoms with Gasteiger partial charge >= 0.3 is 0 Å². The normalized spacial score (nSPS) is 24.4. The van der Waals surface area contributed by atoms with E-state index < -0.39 is 0 Å². The number of piperidine rings is 1. The molecular weight excluding hydrogens is 314 g/mol. The molecule has 0 N–H and O–H groups in total. The minimum atomic E-state index is 0.670. The fraction of sp³-hybridized carbons (Fsp3) is 0.562. The fourth-order valence-electron chi connectivity index (χ4n) is 3.11. The minimum Gasteiger partial charge on any atom is -0.297 e. The zero-order valence-electron chi connectivity index (χ0n) is 12.2. The van der Waals surface area contributed by atoms with Gasteiger partial charge in [0.25, 0.3) is 0 Å². The molecule has 108 valence electrons. The molecule has 0 bridgehead atoms. The van der Waals surface area contributed by atoms with E-state index in [1.807, 2.05) is 0 Å². The van der Waals surface area contributed by atoms with Gasteiger partial charge in [-0.3, -0.25) is 9.58 Å². The van der Waals surface area contributed by atoms with Crippen LogP contribution in [0.25, 0.3) is 10.9 Å². The molecule has 2 aromatic rings. The molecule has 1 saturated heterocycles. The lowest BCUT2D eigenvalue weighted by Gasteiger charge is -2.33. The van der Waals surface area contributed by atoms with E-state index in [1.165, 1.54) is 23.0 Å². The molecule has 0 radical (unpaired) electrons. The number of benzene rings is 1. The second kappa shape index (κ2) is 5.86. The second-order valence-corrected chi connectivity index (χ2v) is 6.97. The van der Waals surface area contributed by atoms with Crippen molar-refractivity contribution in [3.63, 3.8) is 0 Å². The Bertz CT molecular complexity index is 592. The number of fused-ring (bicyclic) bond motifs is 1. The number of para-hydroxylation sites is 1. The van der Waals surface area contributed by atoms with Crippen LogP contribution in [0.3, 0.4) is 0 Å². The van der Waals surface area contributed by atoms with Crippen molar-refractivity contribution in [1.82, 2.24) is 14.7 Å². The highest BCUT2D eigenvalue weighted by atomic mass is 79.9. The van der Waals surface area contributed by atoms with Gasteiger partial charge in [0.05, 0.1) is 11.2 Å². The Balaban J connectivity index is 1.84. The number of alkyl halides is 1. The summed E-state index contributed by atoms with van der Waals surface area (Å²) >= 11 is 3.78. The topological polar surface area (TPSA) is 21.1 Å². The van der Waals surface area contributed by atoms with Crippen LogP contribution in [0, 0.1) is 5.92 Å². The average Bonchev–Trinajstić information content (AvgIpc) is 2.81. The van der Waals surface area contributed by atoms with Crippen LogP contribution in [0.5, 0.6) is 0 Å². The number of hydrogen-bond donors (Lipinski definition) is 0. The maximum absolute atomic E-state index is 4.81. The largest absolute Gasteiger partial charge is 0.297 e. The van der Waals surface area contributed by atoms with Crippen molar-refractivity contribution in [2.75, 3.05) is 13.1 Å². The molecule has 1 aliphatic heterocycles. The van der Waals surface area contributed by atoms with Crippen LogP contribution in [-0.2, 0) is 13.1 Å². The molecular formula is C16H22BrN3. The first-order valence-corrected chi connectivity index (χ1v) is 8.41. The Morgan fingerprint density at radius 2 is 2.15 bits per heavy atom. The summed E-state index contributed by atoms with van der Waals surface area (Å²) in [4.78, 5) is 3.21. The maximum Gasteiger partial charge on any atom is 0.0843 e. The fourth-order valence-corrected chi connectivity index (χ4v) is 3.48. The Hall–Kier alpha value is -0.870. The molecule has 20 heavy (non-hydrogen) atoms. The van der Waals surface area contributed by atoms with E-state index in [9.17, 15) is 0 Å². The SMILES string of the molecule is CCn1nc(CN2CCC(Br)C(C)C2)c2ccccc21. The molecule has 2 unspecified atom stereocenters. The van der Waals surface area contributed by atoms with Gasteiger partial charge in [-0.1, -0.05) is 41.1 Å². The average molecular weight is 336 g/mol. The van der Waals surface area contributed by atoms with Crippen LogP contribution in [0.1, 0.15) is 26.0 Å². The molecule has 2 heterocycles. The molecule has 3 nitrogen and oxygen atoms in total. The van der Waals surface area contributed by atoms with Gasteiger partial charge in [0.1, 0.15) is 0 Å². The van der Waals surface area contributed by atoms with Crippen LogP contribution in [0.15, 0.2) is 24.3 Å². The number of hydrogen-bond acceptors (Lipinski definition) is 2. The molecule has 1 fully saturated rings. The van der Waals surface area contributed by atoms with E-state index in [-0.39, 0.29) is 0 Å². The van der Waals surface area contributed by atoms with Gasteiger partial charge < -0.3 is 0 Å². The van der Waals surface area contributed by atoms with E-state index in [4.69, 9.17) is 5.10 Å². The standard InChI is InChI=1S/C16H22BrN3/c1-3-20-16-7-5-4-6-13(16)15(18-20)11-19-9-8-14(17)12(2)10-19/h4-7,12,14H,3,8-11H2,1-2H3. The third-order valence-corrected chi connectivity index (χ3v) is 5.65. The highest BCUT2D eigenvalue weighted by molar-refractivity contribution is 9.09. The summed E-state index contributed by atoms with van der Waals surface area (Å²) in [5.74, 6) is 0.711. The van der Waals surface area contributed by atoms with E-state index in [1.54, 1.807) is 0 Å². The van der Waals surface area contributed by atoms with Gasteiger partial charge in [-0.15, -0.1) is 0 Å². The van der Waals surface area contributed by atoms with E-state index in [2.05, 4.69) is 63.6 Å². The maximum atomic E-state index is 4.81. The number of aryl methyl sites for hydroxylation is 1. The number of likely N-dealkylation sites (tertiary alicyclic amines) is 1.